The molecule has 0 aliphatic heterocycles. The minimum absolute atomic E-state index is 1.00. The van der Waals surface area contributed by atoms with E-state index in [1.807, 2.05) is 0 Å². The topological polar surface area (TPSA) is 0 Å². The molecule has 0 unspecified atom stereocenters. The molecule has 2 aromatic rings. The van der Waals surface area contributed by atoms with Gasteiger partial charge in [-0.2, -0.15) is 0 Å². The Morgan fingerprint density at radius 3 is 2.65 bits per heavy atom. The Bertz CT molecular complexity index is 622. The molecule has 0 nitrogen and oxygen atoms in total. The van der Waals surface area contributed by atoms with Gasteiger partial charge in [0, 0.05) is 0 Å². The van der Waals surface area contributed by atoms with Crippen molar-refractivity contribution in [1.82, 2.24) is 0 Å². The van der Waals surface area contributed by atoms with Crippen molar-refractivity contribution in [1.29, 1.82) is 0 Å². The van der Waals surface area contributed by atoms with Crippen LogP contribution in [0, 0.1) is 0 Å². The molecule has 1 aliphatic rings. The zero-order valence-electron chi connectivity index (χ0n) is 9.64. The van der Waals surface area contributed by atoms with Crippen molar-refractivity contribution >= 4 is 16.3 Å². The molecule has 0 heterocycles. The molecule has 0 radical (unpaired) electrons. The minimum Gasteiger partial charge on any atom is -0.0801 e. The van der Waals surface area contributed by atoms with Gasteiger partial charge in [0.15, 0.2) is 0 Å². The van der Waals surface area contributed by atoms with Gasteiger partial charge in [0.1, 0.15) is 0 Å². The first-order chi connectivity index (χ1) is 8.45. The standard InChI is InChI=1S/C17H14/c1-2-4-9-14(8-3-1)17-13-7-11-15-10-5-6-12-16(15)17/h1-8,10-13H,9H2. The van der Waals surface area contributed by atoms with Crippen LogP contribution in [0.1, 0.15) is 12.0 Å². The molecule has 17 heavy (non-hydrogen) atoms. The highest BCUT2D eigenvalue weighted by Crippen LogP contribution is 2.28. The number of rotatable bonds is 1. The van der Waals surface area contributed by atoms with Crippen LogP contribution in [0.3, 0.4) is 0 Å². The average molecular weight is 218 g/mol. The third-order valence-electron chi connectivity index (χ3n) is 3.13. The number of fused-ring (bicyclic) bond motifs is 1. The van der Waals surface area contributed by atoms with E-state index in [4.69, 9.17) is 0 Å². The zero-order chi connectivity index (χ0) is 11.5. The van der Waals surface area contributed by atoms with Crippen LogP contribution >= 0.6 is 0 Å². The van der Waals surface area contributed by atoms with E-state index in [0.717, 1.165) is 6.42 Å². The molecule has 0 atom stereocenters. The highest BCUT2D eigenvalue weighted by Gasteiger charge is 2.04. The number of allylic oxidation sites excluding steroid dienone is 6. The van der Waals surface area contributed by atoms with E-state index < -0.39 is 0 Å². The maximum absolute atomic E-state index is 2.21. The van der Waals surface area contributed by atoms with Crippen molar-refractivity contribution in [3.05, 3.63) is 78.4 Å². The molecule has 0 saturated carbocycles. The lowest BCUT2D eigenvalue weighted by Crippen LogP contribution is -1.85. The third-order valence-corrected chi connectivity index (χ3v) is 3.13. The molecule has 0 fully saturated rings. The predicted octanol–water partition coefficient (Wildman–Crippen LogP) is 4.74. The highest BCUT2D eigenvalue weighted by atomic mass is 14.1. The summed E-state index contributed by atoms with van der Waals surface area (Å²) in [6.45, 7) is 0. The lowest BCUT2D eigenvalue weighted by molar-refractivity contribution is 1.41. The summed E-state index contributed by atoms with van der Waals surface area (Å²) in [7, 11) is 0. The third kappa shape index (κ3) is 1.94. The van der Waals surface area contributed by atoms with Gasteiger partial charge in [0.2, 0.25) is 0 Å². The molecule has 3 rings (SSSR count). The lowest BCUT2D eigenvalue weighted by Gasteiger charge is -2.08. The summed E-state index contributed by atoms with van der Waals surface area (Å²) in [5.74, 6) is 0. The van der Waals surface area contributed by atoms with E-state index in [1.165, 1.54) is 21.9 Å². The van der Waals surface area contributed by atoms with Gasteiger partial charge in [0.25, 0.3) is 0 Å². The molecule has 0 bridgehead atoms. The second-order valence-corrected chi connectivity index (χ2v) is 4.24. The molecule has 0 spiro atoms. The predicted molar refractivity (Wildman–Crippen MR) is 74.8 cm³/mol. The van der Waals surface area contributed by atoms with Crippen LogP contribution in [0.15, 0.2) is 72.8 Å². The Balaban J connectivity index is 2.20. The van der Waals surface area contributed by atoms with Crippen LogP contribution in [-0.2, 0) is 0 Å². The first-order valence-corrected chi connectivity index (χ1v) is 5.96. The van der Waals surface area contributed by atoms with Crippen LogP contribution in [0.4, 0.5) is 0 Å². The van der Waals surface area contributed by atoms with Crippen molar-refractivity contribution in [2.24, 2.45) is 0 Å². The summed E-state index contributed by atoms with van der Waals surface area (Å²) in [4.78, 5) is 0. The average Bonchev–Trinajstić information content (AvgIpc) is 2.67. The summed E-state index contributed by atoms with van der Waals surface area (Å²) in [5.41, 5.74) is 2.73. The van der Waals surface area contributed by atoms with Crippen LogP contribution in [-0.4, -0.2) is 0 Å². The number of hydrogen-bond acceptors (Lipinski definition) is 0. The second-order valence-electron chi connectivity index (χ2n) is 4.24. The van der Waals surface area contributed by atoms with E-state index in [1.54, 1.807) is 0 Å². The van der Waals surface area contributed by atoms with Crippen molar-refractivity contribution in [2.45, 2.75) is 6.42 Å². The minimum atomic E-state index is 1.00. The molecule has 0 N–H and O–H groups in total. The molecular formula is C17H14. The van der Waals surface area contributed by atoms with Gasteiger partial charge in [0.05, 0.1) is 0 Å². The fourth-order valence-electron chi connectivity index (χ4n) is 2.28. The van der Waals surface area contributed by atoms with Gasteiger partial charge in [-0.15, -0.1) is 0 Å². The first kappa shape index (κ1) is 10.1. The molecule has 0 saturated heterocycles. The Morgan fingerprint density at radius 1 is 0.765 bits per heavy atom. The maximum atomic E-state index is 2.21. The SMILES string of the molecule is C1=CC=C(c2cccc3ccccc23)CC=C1. The van der Waals surface area contributed by atoms with Crippen LogP contribution in [0.25, 0.3) is 16.3 Å². The molecule has 1 aliphatic carbocycles. The Hall–Kier alpha value is -2.08. The molecule has 0 aromatic heterocycles. The largest absolute Gasteiger partial charge is 0.0801 e. The van der Waals surface area contributed by atoms with Crippen molar-refractivity contribution in [2.75, 3.05) is 0 Å². The number of benzene rings is 2. The lowest BCUT2D eigenvalue weighted by atomic mass is 9.96. The highest BCUT2D eigenvalue weighted by molar-refractivity contribution is 5.94. The summed E-state index contributed by atoms with van der Waals surface area (Å²) in [5, 5.41) is 2.65. The van der Waals surface area contributed by atoms with Gasteiger partial charge < -0.3 is 0 Å². The fraction of sp³-hybridized carbons (Fsp3) is 0.0588. The van der Waals surface area contributed by atoms with Crippen molar-refractivity contribution < 1.29 is 0 Å². The van der Waals surface area contributed by atoms with Gasteiger partial charge >= 0.3 is 0 Å². The van der Waals surface area contributed by atoms with E-state index in [0.29, 0.717) is 0 Å². The fourth-order valence-corrected chi connectivity index (χ4v) is 2.28. The molecule has 82 valence electrons. The summed E-state index contributed by atoms with van der Waals surface area (Å²) >= 11 is 0. The quantitative estimate of drug-likeness (QED) is 0.648. The van der Waals surface area contributed by atoms with Crippen molar-refractivity contribution in [3.63, 3.8) is 0 Å². The number of hydrogen-bond donors (Lipinski definition) is 0. The normalized spacial score (nSPS) is 14.7. The van der Waals surface area contributed by atoms with Gasteiger partial charge in [-0.1, -0.05) is 72.8 Å². The molecule has 0 amide bonds. The van der Waals surface area contributed by atoms with E-state index in [-0.39, 0.29) is 0 Å². The smallest absolute Gasteiger partial charge is 0.00882 e. The van der Waals surface area contributed by atoms with Gasteiger partial charge in [-0.05, 0) is 28.3 Å². The zero-order valence-corrected chi connectivity index (χ0v) is 9.64. The molecule has 2 aromatic carbocycles. The van der Waals surface area contributed by atoms with Crippen LogP contribution in [0.2, 0.25) is 0 Å². The Labute approximate surface area is 102 Å². The van der Waals surface area contributed by atoms with E-state index >= 15 is 0 Å². The summed E-state index contributed by atoms with van der Waals surface area (Å²) in [6, 6.07) is 15.1. The Morgan fingerprint density at radius 2 is 1.65 bits per heavy atom. The van der Waals surface area contributed by atoms with Gasteiger partial charge in [-0.3, -0.25) is 0 Å². The maximum Gasteiger partial charge on any atom is -0.00882 e. The van der Waals surface area contributed by atoms with E-state index in [2.05, 4.69) is 72.8 Å². The van der Waals surface area contributed by atoms with Crippen LogP contribution in [0.5, 0.6) is 0 Å². The van der Waals surface area contributed by atoms with E-state index in [9.17, 15) is 0 Å². The monoisotopic (exact) mass is 218 g/mol. The second kappa shape index (κ2) is 4.42. The Kier molecular flexibility index (Phi) is 2.63. The van der Waals surface area contributed by atoms with Crippen LogP contribution < -0.4 is 0 Å². The summed E-state index contributed by atoms with van der Waals surface area (Å²) < 4.78 is 0. The molecular weight excluding hydrogens is 204 g/mol. The molecule has 0 heteroatoms. The van der Waals surface area contributed by atoms with Crippen molar-refractivity contribution in [3.8, 4) is 0 Å². The van der Waals surface area contributed by atoms with Gasteiger partial charge in [-0.25, -0.2) is 0 Å². The first-order valence-electron chi connectivity index (χ1n) is 5.96. The summed E-state index contributed by atoms with van der Waals surface area (Å²) in [6.07, 6.45) is 11.7.